The van der Waals surface area contributed by atoms with E-state index >= 15 is 0 Å². The number of carbonyl (C=O) groups is 1. The average molecular weight is 274 g/mol. The summed E-state index contributed by atoms with van der Waals surface area (Å²) >= 11 is 6.01. The number of hydrogen-bond donors (Lipinski definition) is 1. The van der Waals surface area contributed by atoms with Crippen LogP contribution in [0.15, 0.2) is 36.4 Å². The van der Waals surface area contributed by atoms with Gasteiger partial charge in [0.25, 0.3) is 5.91 Å². The van der Waals surface area contributed by atoms with Crippen molar-refractivity contribution in [2.45, 2.75) is 6.92 Å². The zero-order chi connectivity index (χ0) is 13.4. The lowest BCUT2D eigenvalue weighted by atomic mass is 10.0. The van der Waals surface area contributed by atoms with E-state index in [0.717, 1.165) is 22.4 Å². The van der Waals surface area contributed by atoms with Crippen LogP contribution in [0.4, 0.5) is 5.69 Å². The van der Waals surface area contributed by atoms with Crippen LogP contribution in [0.5, 0.6) is 5.75 Å². The molecule has 0 saturated heterocycles. The molecule has 3 rings (SSSR count). The van der Waals surface area contributed by atoms with E-state index in [1.807, 2.05) is 43.3 Å². The van der Waals surface area contributed by atoms with Crippen molar-refractivity contribution in [3.8, 4) is 16.9 Å². The van der Waals surface area contributed by atoms with Crippen molar-refractivity contribution in [2.24, 2.45) is 0 Å². The number of carbonyl (C=O) groups excluding carboxylic acids is 1. The average Bonchev–Trinajstić information content (AvgIpc) is 2.38. The fourth-order valence-corrected chi connectivity index (χ4v) is 2.41. The Morgan fingerprint density at radius 2 is 2.05 bits per heavy atom. The monoisotopic (exact) mass is 273 g/mol. The molecule has 1 N–H and O–H groups in total. The minimum atomic E-state index is -0.129. The van der Waals surface area contributed by atoms with Crippen LogP contribution >= 0.6 is 11.6 Å². The molecular weight excluding hydrogens is 262 g/mol. The van der Waals surface area contributed by atoms with Crippen molar-refractivity contribution < 1.29 is 9.53 Å². The summed E-state index contributed by atoms with van der Waals surface area (Å²) in [6.45, 7) is 2.04. The van der Waals surface area contributed by atoms with Gasteiger partial charge in [0, 0.05) is 5.02 Å². The number of aryl methyl sites for hydroxylation is 1. The van der Waals surface area contributed by atoms with Crippen LogP contribution in [0.3, 0.4) is 0 Å². The predicted molar refractivity (Wildman–Crippen MR) is 75.7 cm³/mol. The number of nitrogens with one attached hydrogen (secondary N) is 1. The third-order valence-electron chi connectivity index (χ3n) is 3.05. The van der Waals surface area contributed by atoms with E-state index in [-0.39, 0.29) is 12.5 Å². The van der Waals surface area contributed by atoms with E-state index in [1.165, 1.54) is 0 Å². The number of halogens is 1. The summed E-state index contributed by atoms with van der Waals surface area (Å²) in [5.41, 5.74) is 3.72. The largest absolute Gasteiger partial charge is 0.481 e. The van der Waals surface area contributed by atoms with Gasteiger partial charge in [-0.3, -0.25) is 4.79 Å². The molecule has 0 saturated carbocycles. The Balaban J connectivity index is 2.11. The summed E-state index contributed by atoms with van der Waals surface area (Å²) in [7, 11) is 0. The molecule has 1 amide bonds. The third-order valence-corrected chi connectivity index (χ3v) is 3.29. The van der Waals surface area contributed by atoms with E-state index in [0.29, 0.717) is 10.7 Å². The highest BCUT2D eigenvalue weighted by Gasteiger charge is 2.18. The van der Waals surface area contributed by atoms with Crippen molar-refractivity contribution in [3.63, 3.8) is 0 Å². The van der Waals surface area contributed by atoms with Crippen LogP contribution in [-0.4, -0.2) is 12.5 Å². The predicted octanol–water partition coefficient (Wildman–Crippen LogP) is 3.65. The topological polar surface area (TPSA) is 38.3 Å². The van der Waals surface area contributed by atoms with E-state index in [9.17, 15) is 4.79 Å². The highest BCUT2D eigenvalue weighted by molar-refractivity contribution is 6.30. The standard InChI is InChI=1S/C15H12ClNO2/c1-9-5-11(10-3-2-4-12(16)6-10)7-13-15(9)19-8-14(18)17-13/h2-7H,8H2,1H3,(H,17,18). The van der Waals surface area contributed by atoms with Gasteiger partial charge in [0.2, 0.25) is 0 Å². The molecule has 2 aromatic carbocycles. The number of ether oxygens (including phenoxy) is 1. The summed E-state index contributed by atoms with van der Waals surface area (Å²) in [5, 5.41) is 3.52. The van der Waals surface area contributed by atoms with Gasteiger partial charge >= 0.3 is 0 Å². The summed E-state index contributed by atoms with van der Waals surface area (Å²) < 4.78 is 5.44. The van der Waals surface area contributed by atoms with E-state index in [4.69, 9.17) is 16.3 Å². The molecule has 4 heteroatoms. The van der Waals surface area contributed by atoms with Gasteiger partial charge in [-0.1, -0.05) is 23.7 Å². The maximum absolute atomic E-state index is 11.4. The molecule has 19 heavy (non-hydrogen) atoms. The Labute approximate surface area is 116 Å². The van der Waals surface area contributed by atoms with Crippen molar-refractivity contribution in [1.29, 1.82) is 0 Å². The highest BCUT2D eigenvalue weighted by atomic mass is 35.5. The molecule has 0 bridgehead atoms. The summed E-state index contributed by atoms with van der Waals surface area (Å²) in [6, 6.07) is 11.6. The Morgan fingerprint density at radius 1 is 1.21 bits per heavy atom. The minimum absolute atomic E-state index is 0.0738. The number of fused-ring (bicyclic) bond motifs is 1. The lowest BCUT2D eigenvalue weighted by molar-refractivity contribution is -0.118. The summed E-state index contributed by atoms with van der Waals surface area (Å²) in [4.78, 5) is 11.4. The molecule has 0 unspecified atom stereocenters. The molecule has 1 aliphatic heterocycles. The number of benzene rings is 2. The van der Waals surface area contributed by atoms with Gasteiger partial charge in [-0.15, -0.1) is 0 Å². The van der Waals surface area contributed by atoms with E-state index in [1.54, 1.807) is 0 Å². The normalized spacial score (nSPS) is 13.5. The van der Waals surface area contributed by atoms with E-state index < -0.39 is 0 Å². The van der Waals surface area contributed by atoms with Gasteiger partial charge in [-0.2, -0.15) is 0 Å². The molecule has 0 fully saturated rings. The van der Waals surface area contributed by atoms with Gasteiger partial charge in [0.05, 0.1) is 5.69 Å². The quantitative estimate of drug-likeness (QED) is 0.861. The Kier molecular flexibility index (Phi) is 2.91. The van der Waals surface area contributed by atoms with Crippen LogP contribution in [0.25, 0.3) is 11.1 Å². The summed E-state index contributed by atoms with van der Waals surface area (Å²) in [6.07, 6.45) is 0. The number of hydrogen-bond acceptors (Lipinski definition) is 2. The fraction of sp³-hybridized carbons (Fsp3) is 0.133. The van der Waals surface area contributed by atoms with Gasteiger partial charge in [0.15, 0.2) is 6.61 Å². The molecule has 0 radical (unpaired) electrons. The van der Waals surface area contributed by atoms with Crippen molar-refractivity contribution in [2.75, 3.05) is 11.9 Å². The second kappa shape index (κ2) is 4.59. The van der Waals surface area contributed by atoms with Crippen LogP contribution in [-0.2, 0) is 4.79 Å². The Bertz CT molecular complexity index is 667. The first-order valence-electron chi connectivity index (χ1n) is 5.97. The first-order valence-corrected chi connectivity index (χ1v) is 6.34. The molecule has 0 aromatic heterocycles. The third kappa shape index (κ3) is 2.29. The van der Waals surface area contributed by atoms with Crippen molar-refractivity contribution >= 4 is 23.2 Å². The molecule has 2 aromatic rings. The maximum Gasteiger partial charge on any atom is 0.262 e. The first-order chi connectivity index (χ1) is 9.13. The Morgan fingerprint density at radius 3 is 2.84 bits per heavy atom. The van der Waals surface area contributed by atoms with Crippen molar-refractivity contribution in [1.82, 2.24) is 0 Å². The van der Waals surface area contributed by atoms with E-state index in [2.05, 4.69) is 5.32 Å². The van der Waals surface area contributed by atoms with Crippen LogP contribution < -0.4 is 10.1 Å². The molecule has 0 spiro atoms. The molecule has 0 aliphatic carbocycles. The Hall–Kier alpha value is -2.00. The number of amides is 1. The molecular formula is C15H12ClNO2. The van der Waals surface area contributed by atoms with Crippen LogP contribution in [0.1, 0.15) is 5.56 Å². The summed E-state index contributed by atoms with van der Waals surface area (Å²) in [5.74, 6) is 0.612. The SMILES string of the molecule is Cc1cc(-c2cccc(Cl)c2)cc2c1OCC(=O)N2. The zero-order valence-electron chi connectivity index (χ0n) is 10.4. The van der Waals surface area contributed by atoms with Crippen molar-refractivity contribution in [3.05, 3.63) is 47.0 Å². The van der Waals surface area contributed by atoms with Crippen LogP contribution in [0.2, 0.25) is 5.02 Å². The van der Waals surface area contributed by atoms with Gasteiger partial charge in [0.1, 0.15) is 5.75 Å². The lowest BCUT2D eigenvalue weighted by Gasteiger charge is -2.21. The second-order valence-corrected chi connectivity index (χ2v) is 4.95. The van der Waals surface area contributed by atoms with Gasteiger partial charge < -0.3 is 10.1 Å². The fourth-order valence-electron chi connectivity index (χ4n) is 2.22. The number of rotatable bonds is 1. The zero-order valence-corrected chi connectivity index (χ0v) is 11.1. The minimum Gasteiger partial charge on any atom is -0.481 e. The number of anilines is 1. The molecule has 0 atom stereocenters. The molecule has 96 valence electrons. The maximum atomic E-state index is 11.4. The highest BCUT2D eigenvalue weighted by Crippen LogP contribution is 2.36. The van der Waals surface area contributed by atoms with Gasteiger partial charge in [-0.05, 0) is 47.9 Å². The molecule has 1 heterocycles. The lowest BCUT2D eigenvalue weighted by Crippen LogP contribution is -2.25. The first kappa shape index (κ1) is 12.1. The second-order valence-electron chi connectivity index (χ2n) is 4.52. The molecule has 3 nitrogen and oxygen atoms in total. The molecule has 1 aliphatic rings. The smallest absolute Gasteiger partial charge is 0.262 e. The van der Waals surface area contributed by atoms with Gasteiger partial charge in [-0.25, -0.2) is 0 Å². The van der Waals surface area contributed by atoms with Crippen LogP contribution in [0, 0.1) is 6.92 Å².